The molecule has 0 radical (unpaired) electrons. The maximum absolute atomic E-state index is 6.59. The third-order valence-electron chi connectivity index (χ3n) is 9.30. The lowest BCUT2D eigenvalue weighted by molar-refractivity contribution is 0.482. The van der Waals surface area contributed by atoms with Crippen molar-refractivity contribution in [1.29, 1.82) is 0 Å². The first-order valence-corrected chi connectivity index (χ1v) is 17.0. The molecule has 0 aliphatic heterocycles. The number of benzene rings is 4. The number of ether oxygens (including phenoxy) is 1. The monoisotopic (exact) mass is 632 g/mol. The van der Waals surface area contributed by atoms with Crippen molar-refractivity contribution in [2.24, 2.45) is 5.92 Å². The Kier molecular flexibility index (Phi) is 8.16. The van der Waals surface area contributed by atoms with Gasteiger partial charge in [0.1, 0.15) is 17.3 Å². The van der Waals surface area contributed by atoms with Gasteiger partial charge in [0.15, 0.2) is 0 Å². The Balaban J connectivity index is 1.30. The minimum absolute atomic E-state index is 0.0407. The fourth-order valence-electron chi connectivity index (χ4n) is 6.70. The first-order valence-electron chi connectivity index (χ1n) is 17.0. The number of aromatic nitrogens is 4. The maximum atomic E-state index is 6.59. The Labute approximate surface area is 283 Å². The molecule has 0 unspecified atom stereocenters. The van der Waals surface area contributed by atoms with Gasteiger partial charge >= 0.3 is 0 Å². The number of hydrogen-bond acceptors (Lipinski definition) is 3. The molecule has 48 heavy (non-hydrogen) atoms. The van der Waals surface area contributed by atoms with Gasteiger partial charge in [-0.25, -0.2) is 9.67 Å². The van der Waals surface area contributed by atoms with E-state index in [-0.39, 0.29) is 5.41 Å². The van der Waals surface area contributed by atoms with Crippen LogP contribution < -0.4 is 4.74 Å². The van der Waals surface area contributed by atoms with Gasteiger partial charge in [-0.05, 0) is 103 Å². The predicted molar refractivity (Wildman–Crippen MR) is 199 cm³/mol. The van der Waals surface area contributed by atoms with E-state index < -0.39 is 0 Å². The van der Waals surface area contributed by atoms with Crippen LogP contribution in [0.4, 0.5) is 0 Å². The van der Waals surface area contributed by atoms with Crippen LogP contribution in [0, 0.1) is 19.8 Å². The molecule has 5 nitrogen and oxygen atoms in total. The number of aryl methyl sites for hydroxylation is 2. The molecule has 4 aromatic carbocycles. The Hall–Kier alpha value is -5.16. The Morgan fingerprint density at radius 1 is 0.750 bits per heavy atom. The van der Waals surface area contributed by atoms with Crippen molar-refractivity contribution in [3.63, 3.8) is 0 Å². The second-order valence-electron chi connectivity index (χ2n) is 14.4. The van der Waals surface area contributed by atoms with Crippen molar-refractivity contribution in [1.82, 2.24) is 19.3 Å². The van der Waals surface area contributed by atoms with Crippen LogP contribution >= 0.6 is 0 Å². The highest BCUT2D eigenvalue weighted by atomic mass is 16.5. The molecule has 7 rings (SSSR count). The van der Waals surface area contributed by atoms with Crippen LogP contribution in [0.5, 0.6) is 11.5 Å². The molecule has 0 aliphatic carbocycles. The molecule has 0 N–H and O–H groups in total. The maximum Gasteiger partial charge on any atom is 0.137 e. The van der Waals surface area contributed by atoms with Gasteiger partial charge in [0.2, 0.25) is 0 Å². The Morgan fingerprint density at radius 3 is 2.31 bits per heavy atom. The highest BCUT2D eigenvalue weighted by Gasteiger charge is 2.20. The molecule has 242 valence electrons. The summed E-state index contributed by atoms with van der Waals surface area (Å²) in [6, 6.07) is 36.3. The van der Waals surface area contributed by atoms with E-state index in [0.29, 0.717) is 5.92 Å². The van der Waals surface area contributed by atoms with E-state index in [1.807, 2.05) is 29.1 Å². The fourth-order valence-corrected chi connectivity index (χ4v) is 6.70. The van der Waals surface area contributed by atoms with Crippen LogP contribution in [-0.4, -0.2) is 19.3 Å². The molecule has 0 atom stereocenters. The summed E-state index contributed by atoms with van der Waals surface area (Å²) in [6.07, 6.45) is 4.12. The normalized spacial score (nSPS) is 12.0. The predicted octanol–water partition coefficient (Wildman–Crippen LogP) is 11.3. The van der Waals surface area contributed by atoms with E-state index in [9.17, 15) is 0 Å². The second-order valence-corrected chi connectivity index (χ2v) is 14.4. The van der Waals surface area contributed by atoms with Gasteiger partial charge in [-0.2, -0.15) is 5.10 Å². The molecule has 0 fully saturated rings. The molecule has 0 saturated carbocycles. The zero-order chi connectivity index (χ0) is 33.6. The van der Waals surface area contributed by atoms with Crippen molar-refractivity contribution in [3.8, 4) is 34.1 Å². The quantitative estimate of drug-likeness (QED) is 0.167. The summed E-state index contributed by atoms with van der Waals surface area (Å²) in [5.41, 5.74) is 10.3. The van der Waals surface area contributed by atoms with Gasteiger partial charge in [0.05, 0.1) is 22.4 Å². The van der Waals surface area contributed by atoms with E-state index in [4.69, 9.17) is 14.8 Å². The van der Waals surface area contributed by atoms with Crippen molar-refractivity contribution in [2.75, 3.05) is 0 Å². The summed E-state index contributed by atoms with van der Waals surface area (Å²) in [6.45, 7) is 15.5. The third kappa shape index (κ3) is 6.01. The molecule has 7 aromatic rings. The molecule has 3 aromatic heterocycles. The Bertz CT molecular complexity index is 2250. The molecule has 0 amide bonds. The van der Waals surface area contributed by atoms with Crippen molar-refractivity contribution >= 4 is 21.8 Å². The van der Waals surface area contributed by atoms with Gasteiger partial charge < -0.3 is 4.74 Å². The molecule has 5 heteroatoms. The average Bonchev–Trinajstić information content (AvgIpc) is 3.56. The zero-order valence-electron chi connectivity index (χ0n) is 29.1. The summed E-state index contributed by atoms with van der Waals surface area (Å²) in [4.78, 5) is 4.89. The second kappa shape index (κ2) is 12.5. The third-order valence-corrected chi connectivity index (χ3v) is 9.30. The van der Waals surface area contributed by atoms with Gasteiger partial charge in [-0.1, -0.05) is 77.1 Å². The summed E-state index contributed by atoms with van der Waals surface area (Å²) >= 11 is 0. The fraction of sp³-hybridized carbons (Fsp3) is 0.256. The van der Waals surface area contributed by atoms with E-state index in [1.54, 1.807) is 0 Å². The standard InChI is InChI=1S/C43H44N4O/c1-28(2)16-17-31-22-23-44-41(24-31)46-39-21-18-33(43(5,6)7)25-38(39)37-20-19-36(27-40(37)46)48-35-15-11-14-34(26-35)47-30(4)42(29(3)45-47)32-12-9-8-10-13-32/h8-15,18-28H,16-17H2,1-7H3. The summed E-state index contributed by atoms with van der Waals surface area (Å²) in [5.74, 6) is 3.11. The van der Waals surface area contributed by atoms with Gasteiger partial charge in [-0.15, -0.1) is 0 Å². The van der Waals surface area contributed by atoms with Crippen molar-refractivity contribution in [2.45, 2.75) is 66.7 Å². The smallest absolute Gasteiger partial charge is 0.137 e. The number of fused-ring (bicyclic) bond motifs is 3. The van der Waals surface area contributed by atoms with Crippen LogP contribution in [0.25, 0.3) is 44.4 Å². The van der Waals surface area contributed by atoms with Crippen LogP contribution in [0.2, 0.25) is 0 Å². The molecule has 0 spiro atoms. The topological polar surface area (TPSA) is 44.9 Å². The summed E-state index contributed by atoms with van der Waals surface area (Å²) in [5, 5.41) is 7.32. The van der Waals surface area contributed by atoms with Gasteiger partial charge in [0, 0.05) is 40.4 Å². The highest BCUT2D eigenvalue weighted by Crippen LogP contribution is 2.38. The van der Waals surface area contributed by atoms with Crippen molar-refractivity contribution in [3.05, 3.63) is 132 Å². The SMILES string of the molecule is Cc1nn(-c2cccc(Oc3ccc4c5cc(C(C)(C)C)ccc5n(-c5cc(CCC(C)C)ccn5)c4c3)c2)c(C)c1-c1ccccc1. The number of pyridine rings is 1. The lowest BCUT2D eigenvalue weighted by atomic mass is 9.86. The lowest BCUT2D eigenvalue weighted by Crippen LogP contribution is -2.10. The van der Waals surface area contributed by atoms with E-state index in [1.165, 1.54) is 27.5 Å². The number of rotatable bonds is 8. The first kappa shape index (κ1) is 31.4. The van der Waals surface area contributed by atoms with Gasteiger partial charge in [-0.3, -0.25) is 4.57 Å². The molecule has 0 bridgehead atoms. The zero-order valence-corrected chi connectivity index (χ0v) is 29.1. The van der Waals surface area contributed by atoms with E-state index in [2.05, 4.69) is 138 Å². The highest BCUT2D eigenvalue weighted by molar-refractivity contribution is 6.09. The van der Waals surface area contributed by atoms with Crippen LogP contribution in [0.15, 0.2) is 109 Å². The molecule has 0 saturated heterocycles. The van der Waals surface area contributed by atoms with Crippen LogP contribution in [0.1, 0.15) is 63.6 Å². The van der Waals surface area contributed by atoms with Gasteiger partial charge in [0.25, 0.3) is 0 Å². The van der Waals surface area contributed by atoms with E-state index in [0.717, 1.165) is 63.8 Å². The lowest BCUT2D eigenvalue weighted by Gasteiger charge is -2.19. The number of nitrogens with zero attached hydrogens (tertiary/aromatic N) is 4. The average molecular weight is 633 g/mol. The molecule has 0 aliphatic rings. The minimum Gasteiger partial charge on any atom is -0.457 e. The minimum atomic E-state index is 0.0407. The summed E-state index contributed by atoms with van der Waals surface area (Å²) < 4.78 is 10.9. The molecular weight excluding hydrogens is 589 g/mol. The number of hydrogen-bond donors (Lipinski definition) is 0. The molecule has 3 heterocycles. The Morgan fingerprint density at radius 2 is 1.54 bits per heavy atom. The van der Waals surface area contributed by atoms with E-state index >= 15 is 0 Å². The summed E-state index contributed by atoms with van der Waals surface area (Å²) in [7, 11) is 0. The van der Waals surface area contributed by atoms with Crippen LogP contribution in [0.3, 0.4) is 0 Å². The van der Waals surface area contributed by atoms with Crippen LogP contribution in [-0.2, 0) is 11.8 Å². The molecular formula is C43H44N4O. The largest absolute Gasteiger partial charge is 0.457 e. The first-order chi connectivity index (χ1) is 23.1. The van der Waals surface area contributed by atoms with Crippen molar-refractivity contribution < 1.29 is 4.74 Å².